The Hall–Kier alpha value is -0.770. The summed E-state index contributed by atoms with van der Waals surface area (Å²) in [6, 6.07) is 0.158. The number of nitrogens with one attached hydrogen (secondary N) is 1. The van der Waals surface area contributed by atoms with Crippen LogP contribution in [0.5, 0.6) is 0 Å². The number of hydrogen-bond acceptors (Lipinski definition) is 2. The van der Waals surface area contributed by atoms with Gasteiger partial charge in [0.1, 0.15) is 0 Å². The molecule has 0 aromatic heterocycles. The highest BCUT2D eigenvalue weighted by Crippen LogP contribution is 2.05. The van der Waals surface area contributed by atoms with Crippen LogP contribution in [0.4, 0.5) is 4.79 Å². The van der Waals surface area contributed by atoms with Crippen molar-refractivity contribution in [3.05, 3.63) is 0 Å². The Labute approximate surface area is 60.4 Å². The summed E-state index contributed by atoms with van der Waals surface area (Å²) < 4.78 is 0. The van der Waals surface area contributed by atoms with Crippen molar-refractivity contribution in [1.29, 1.82) is 0 Å². The lowest BCUT2D eigenvalue weighted by Gasteiger charge is -2.13. The maximum atomic E-state index is 10.9. The minimum Gasteiger partial charge on any atom is -0.341 e. The minimum absolute atomic E-state index is 0.0204. The first-order valence-corrected chi connectivity index (χ1v) is 3.46. The highest BCUT2D eigenvalue weighted by molar-refractivity contribution is 5.74. The van der Waals surface area contributed by atoms with Crippen LogP contribution in [0.25, 0.3) is 0 Å². The highest BCUT2D eigenvalue weighted by atomic mass is 16.2. The number of nitrogens with two attached hydrogens (primary N) is 1. The molecule has 1 aliphatic rings. The summed E-state index contributed by atoms with van der Waals surface area (Å²) in [6.07, 6.45) is 0.924. The molecule has 0 spiro atoms. The highest BCUT2D eigenvalue weighted by Gasteiger charge is 2.22. The predicted molar refractivity (Wildman–Crippen MR) is 38.6 cm³/mol. The van der Waals surface area contributed by atoms with E-state index in [4.69, 9.17) is 5.73 Å². The van der Waals surface area contributed by atoms with Gasteiger partial charge in [-0.3, -0.25) is 0 Å². The summed E-state index contributed by atoms with van der Waals surface area (Å²) in [4.78, 5) is 12.6. The molecule has 1 saturated heterocycles. The molecule has 1 unspecified atom stereocenters. The van der Waals surface area contributed by atoms with Gasteiger partial charge in [-0.15, -0.1) is 0 Å². The molecule has 1 fully saturated rings. The van der Waals surface area contributed by atoms with Crippen LogP contribution in [0.15, 0.2) is 0 Å². The van der Waals surface area contributed by atoms with Crippen molar-refractivity contribution >= 4 is 6.03 Å². The van der Waals surface area contributed by atoms with E-state index in [-0.39, 0.29) is 12.1 Å². The molecule has 1 heterocycles. The number of amides is 2. The van der Waals surface area contributed by atoms with Gasteiger partial charge in [0.05, 0.1) is 0 Å². The second kappa shape index (κ2) is 2.88. The van der Waals surface area contributed by atoms with Crippen LogP contribution in [-0.2, 0) is 0 Å². The second-order valence-electron chi connectivity index (χ2n) is 2.55. The Balaban J connectivity index is 2.37. The van der Waals surface area contributed by atoms with E-state index >= 15 is 0 Å². The molecule has 10 heavy (non-hydrogen) atoms. The van der Waals surface area contributed by atoms with E-state index in [2.05, 4.69) is 5.32 Å². The lowest BCUT2D eigenvalue weighted by molar-refractivity contribution is 0.210. The van der Waals surface area contributed by atoms with Gasteiger partial charge in [0.25, 0.3) is 0 Å². The topological polar surface area (TPSA) is 58.4 Å². The van der Waals surface area contributed by atoms with Gasteiger partial charge in [-0.2, -0.15) is 0 Å². The van der Waals surface area contributed by atoms with E-state index in [1.807, 2.05) is 0 Å². The quantitative estimate of drug-likeness (QED) is 0.474. The monoisotopic (exact) mass is 143 g/mol. The third-order valence-electron chi connectivity index (χ3n) is 1.73. The number of carbonyl (C=O) groups excluding carboxylic acids is 1. The van der Waals surface area contributed by atoms with Gasteiger partial charge in [-0.05, 0) is 6.42 Å². The number of likely N-dealkylation sites (tertiary alicyclic amines) is 1. The molecule has 3 N–H and O–H groups in total. The van der Waals surface area contributed by atoms with Crippen molar-refractivity contribution in [2.75, 3.05) is 20.1 Å². The van der Waals surface area contributed by atoms with Gasteiger partial charge >= 0.3 is 6.03 Å². The molecule has 4 nitrogen and oxygen atoms in total. The predicted octanol–water partition coefficient (Wildman–Crippen LogP) is -0.641. The first kappa shape index (κ1) is 7.34. The van der Waals surface area contributed by atoms with Crippen LogP contribution in [0, 0.1) is 0 Å². The minimum atomic E-state index is -0.0204. The van der Waals surface area contributed by atoms with Crippen molar-refractivity contribution < 1.29 is 4.79 Å². The standard InChI is InChI=1S/C6H13N3O/c1-8-6(10)9-3-2-5(7)4-9/h5H,2-4,7H2,1H3,(H,8,10). The van der Waals surface area contributed by atoms with Crippen molar-refractivity contribution in [3.63, 3.8) is 0 Å². The Bertz CT molecular complexity index is 137. The average molecular weight is 143 g/mol. The molecular weight excluding hydrogens is 130 g/mol. The van der Waals surface area contributed by atoms with Crippen LogP contribution >= 0.6 is 0 Å². The van der Waals surface area contributed by atoms with E-state index in [9.17, 15) is 4.79 Å². The Morgan fingerprint density at radius 3 is 2.90 bits per heavy atom. The molecule has 1 rings (SSSR count). The van der Waals surface area contributed by atoms with Gasteiger partial charge in [-0.25, -0.2) is 4.79 Å². The largest absolute Gasteiger partial charge is 0.341 e. The summed E-state index contributed by atoms with van der Waals surface area (Å²) in [5.74, 6) is 0. The van der Waals surface area contributed by atoms with Gasteiger partial charge in [-0.1, -0.05) is 0 Å². The third kappa shape index (κ3) is 1.39. The fourth-order valence-corrected chi connectivity index (χ4v) is 1.13. The molecule has 0 bridgehead atoms. The molecule has 0 radical (unpaired) electrons. The smallest absolute Gasteiger partial charge is 0.317 e. The number of hydrogen-bond donors (Lipinski definition) is 2. The molecule has 1 aliphatic heterocycles. The molecule has 58 valence electrons. The number of rotatable bonds is 0. The SMILES string of the molecule is CNC(=O)N1CCC(N)C1. The van der Waals surface area contributed by atoms with Gasteiger partial charge in [0.2, 0.25) is 0 Å². The first-order chi connectivity index (χ1) is 4.74. The molecule has 0 saturated carbocycles. The molecule has 1 atom stereocenters. The molecule has 0 aliphatic carbocycles. The molecule has 0 aromatic rings. The third-order valence-corrected chi connectivity index (χ3v) is 1.73. The molecular formula is C6H13N3O. The van der Waals surface area contributed by atoms with Crippen LogP contribution in [-0.4, -0.2) is 37.1 Å². The Kier molecular flexibility index (Phi) is 2.11. The summed E-state index contributed by atoms with van der Waals surface area (Å²) >= 11 is 0. The van der Waals surface area contributed by atoms with Crippen molar-refractivity contribution in [2.45, 2.75) is 12.5 Å². The van der Waals surface area contributed by atoms with E-state index in [1.165, 1.54) is 0 Å². The lowest BCUT2D eigenvalue weighted by Crippen LogP contribution is -2.37. The van der Waals surface area contributed by atoms with E-state index in [0.717, 1.165) is 13.0 Å². The summed E-state index contributed by atoms with van der Waals surface area (Å²) in [5, 5.41) is 2.56. The number of urea groups is 1. The zero-order chi connectivity index (χ0) is 7.56. The van der Waals surface area contributed by atoms with Crippen molar-refractivity contribution in [2.24, 2.45) is 5.73 Å². The van der Waals surface area contributed by atoms with Gasteiger partial charge in [0.15, 0.2) is 0 Å². The van der Waals surface area contributed by atoms with Gasteiger partial charge < -0.3 is 16.0 Å². The van der Waals surface area contributed by atoms with E-state index in [1.54, 1.807) is 11.9 Å². The molecule has 4 heteroatoms. The Morgan fingerprint density at radius 2 is 2.50 bits per heavy atom. The molecule has 0 aromatic carbocycles. The van der Waals surface area contributed by atoms with Crippen LogP contribution < -0.4 is 11.1 Å². The zero-order valence-corrected chi connectivity index (χ0v) is 6.13. The summed E-state index contributed by atoms with van der Waals surface area (Å²) in [6.45, 7) is 1.49. The number of nitrogens with zero attached hydrogens (tertiary/aromatic N) is 1. The summed E-state index contributed by atoms with van der Waals surface area (Å²) in [5.41, 5.74) is 5.60. The van der Waals surface area contributed by atoms with Crippen LogP contribution in [0.2, 0.25) is 0 Å². The maximum Gasteiger partial charge on any atom is 0.317 e. The molecule has 2 amide bonds. The van der Waals surface area contributed by atoms with Crippen molar-refractivity contribution in [3.8, 4) is 0 Å². The summed E-state index contributed by atoms with van der Waals surface area (Å²) in [7, 11) is 1.63. The van der Waals surface area contributed by atoms with E-state index in [0.29, 0.717) is 6.54 Å². The lowest BCUT2D eigenvalue weighted by atomic mass is 10.3. The fourth-order valence-electron chi connectivity index (χ4n) is 1.13. The normalized spacial score (nSPS) is 25.0. The van der Waals surface area contributed by atoms with Crippen LogP contribution in [0.3, 0.4) is 0 Å². The van der Waals surface area contributed by atoms with Crippen LogP contribution in [0.1, 0.15) is 6.42 Å². The zero-order valence-electron chi connectivity index (χ0n) is 6.13. The van der Waals surface area contributed by atoms with E-state index < -0.39 is 0 Å². The second-order valence-corrected chi connectivity index (χ2v) is 2.55. The Morgan fingerprint density at radius 1 is 1.80 bits per heavy atom. The maximum absolute atomic E-state index is 10.9. The first-order valence-electron chi connectivity index (χ1n) is 3.46. The van der Waals surface area contributed by atoms with Crippen molar-refractivity contribution in [1.82, 2.24) is 10.2 Å². The number of carbonyl (C=O) groups is 1. The van der Waals surface area contributed by atoms with Gasteiger partial charge in [0, 0.05) is 26.2 Å². The average Bonchev–Trinajstić information content (AvgIpc) is 2.34. The fraction of sp³-hybridized carbons (Fsp3) is 0.833.